The fourth-order valence-electron chi connectivity index (χ4n) is 2.07. The number of Topliss-reactive ketones (excluding diaryl/α,β-unsaturated/α-hetero) is 1. The second-order valence-electron chi connectivity index (χ2n) is 4.34. The van der Waals surface area contributed by atoms with Crippen LogP contribution in [0.5, 0.6) is 0 Å². The largest absolute Gasteiger partial charge is 0.395 e. The van der Waals surface area contributed by atoms with E-state index in [-0.39, 0.29) is 12.2 Å². The lowest BCUT2D eigenvalue weighted by Gasteiger charge is -2.25. The van der Waals surface area contributed by atoms with Crippen molar-refractivity contribution in [3.8, 4) is 0 Å². The van der Waals surface area contributed by atoms with Crippen LogP contribution in [-0.2, 0) is 9.53 Å². The molecule has 0 atom stereocenters. The van der Waals surface area contributed by atoms with Crippen molar-refractivity contribution < 1.29 is 19.4 Å². The van der Waals surface area contributed by atoms with Crippen LogP contribution in [0.3, 0.4) is 0 Å². The Hall–Kier alpha value is -1.63. The number of amides is 1. The van der Waals surface area contributed by atoms with Crippen molar-refractivity contribution in [2.45, 2.75) is 0 Å². The van der Waals surface area contributed by atoms with Gasteiger partial charge in [0.15, 0.2) is 0 Å². The molecule has 0 bridgehead atoms. The lowest BCUT2D eigenvalue weighted by atomic mass is 10.1. The molecule has 0 unspecified atom stereocenters. The molecule has 2 N–H and O–H groups in total. The molecule has 1 aliphatic heterocycles. The molecule has 1 heterocycles. The van der Waals surface area contributed by atoms with Gasteiger partial charge in [0.1, 0.15) is 0 Å². The Kier molecular flexibility index (Phi) is 4.59. The minimum Gasteiger partial charge on any atom is -0.395 e. The summed E-state index contributed by atoms with van der Waals surface area (Å²) in [5.41, 5.74) is 1.37. The highest BCUT2D eigenvalue weighted by Gasteiger charge is 2.29. The maximum atomic E-state index is 11.6. The van der Waals surface area contributed by atoms with E-state index in [1.54, 1.807) is 13.2 Å². The molecular formula is C13H15ClN2O4. The van der Waals surface area contributed by atoms with Gasteiger partial charge in [0.25, 0.3) is 11.7 Å². The van der Waals surface area contributed by atoms with Crippen molar-refractivity contribution in [1.82, 2.24) is 0 Å². The Bertz CT molecular complexity index is 547. The van der Waals surface area contributed by atoms with Crippen LogP contribution >= 0.6 is 11.6 Å². The number of rotatable bonds is 6. The van der Waals surface area contributed by atoms with E-state index < -0.39 is 11.7 Å². The average molecular weight is 299 g/mol. The second-order valence-corrected chi connectivity index (χ2v) is 4.74. The van der Waals surface area contributed by atoms with E-state index in [9.17, 15) is 9.59 Å². The third-order valence-electron chi connectivity index (χ3n) is 3.06. The Morgan fingerprint density at radius 2 is 2.10 bits per heavy atom. The van der Waals surface area contributed by atoms with Crippen LogP contribution in [-0.4, -0.2) is 50.2 Å². The van der Waals surface area contributed by atoms with Gasteiger partial charge >= 0.3 is 0 Å². The Morgan fingerprint density at radius 3 is 2.75 bits per heavy atom. The van der Waals surface area contributed by atoms with E-state index >= 15 is 0 Å². The van der Waals surface area contributed by atoms with Crippen molar-refractivity contribution in [1.29, 1.82) is 0 Å². The maximum absolute atomic E-state index is 11.6. The van der Waals surface area contributed by atoms with Crippen LogP contribution < -0.4 is 10.2 Å². The summed E-state index contributed by atoms with van der Waals surface area (Å²) < 4.78 is 5.02. The lowest BCUT2D eigenvalue weighted by Crippen LogP contribution is -2.30. The van der Waals surface area contributed by atoms with Gasteiger partial charge in [0.2, 0.25) is 0 Å². The van der Waals surface area contributed by atoms with Gasteiger partial charge < -0.3 is 20.1 Å². The van der Waals surface area contributed by atoms with E-state index in [4.69, 9.17) is 21.4 Å². The number of ether oxygens (including phenoxy) is 1. The number of nitrogens with zero attached hydrogens (tertiary/aromatic N) is 1. The van der Waals surface area contributed by atoms with E-state index in [1.807, 2.05) is 4.90 Å². The predicted octanol–water partition coefficient (Wildman–Crippen LogP) is 0.920. The molecule has 1 aromatic carbocycles. The fourth-order valence-corrected chi connectivity index (χ4v) is 2.35. The number of aliphatic hydroxyl groups is 1. The number of aliphatic hydroxyl groups excluding tert-OH is 1. The summed E-state index contributed by atoms with van der Waals surface area (Å²) in [6, 6.07) is 3.12. The quantitative estimate of drug-likeness (QED) is 0.764. The zero-order chi connectivity index (χ0) is 14.7. The van der Waals surface area contributed by atoms with Gasteiger partial charge in [-0.25, -0.2) is 0 Å². The van der Waals surface area contributed by atoms with Crippen LogP contribution in [0.1, 0.15) is 10.4 Å². The van der Waals surface area contributed by atoms with Gasteiger partial charge in [-0.05, 0) is 12.1 Å². The molecule has 20 heavy (non-hydrogen) atoms. The number of fused-ring (bicyclic) bond motifs is 1. The van der Waals surface area contributed by atoms with Crippen LogP contribution in [0.2, 0.25) is 5.02 Å². The third-order valence-corrected chi connectivity index (χ3v) is 3.36. The summed E-state index contributed by atoms with van der Waals surface area (Å²) in [4.78, 5) is 24.8. The van der Waals surface area contributed by atoms with Gasteiger partial charge in [-0.1, -0.05) is 11.6 Å². The number of benzene rings is 1. The topological polar surface area (TPSA) is 78.9 Å². The minimum atomic E-state index is -0.654. The third kappa shape index (κ3) is 2.77. The van der Waals surface area contributed by atoms with Crippen molar-refractivity contribution in [3.63, 3.8) is 0 Å². The summed E-state index contributed by atoms with van der Waals surface area (Å²) in [5, 5.41) is 12.0. The summed E-state index contributed by atoms with van der Waals surface area (Å²) in [7, 11) is 1.58. The monoisotopic (exact) mass is 298 g/mol. The highest BCUT2D eigenvalue weighted by Crippen LogP contribution is 2.34. The molecule has 7 heteroatoms. The molecule has 0 aromatic heterocycles. The highest BCUT2D eigenvalue weighted by atomic mass is 35.5. The minimum absolute atomic E-state index is 0.0393. The predicted molar refractivity (Wildman–Crippen MR) is 75.6 cm³/mol. The van der Waals surface area contributed by atoms with Gasteiger partial charge in [-0.3, -0.25) is 9.59 Å². The molecule has 0 fully saturated rings. The van der Waals surface area contributed by atoms with E-state index in [0.29, 0.717) is 36.1 Å². The number of carbonyl (C=O) groups excluding carboxylic acids is 2. The molecule has 0 spiro atoms. The molecule has 1 aliphatic rings. The summed E-state index contributed by atoms with van der Waals surface area (Å²) >= 11 is 6.17. The van der Waals surface area contributed by atoms with Crippen molar-refractivity contribution in [2.24, 2.45) is 0 Å². The first kappa shape index (κ1) is 14.8. The number of carbonyl (C=O) groups is 2. The van der Waals surface area contributed by atoms with Crippen LogP contribution in [0.4, 0.5) is 11.4 Å². The van der Waals surface area contributed by atoms with Gasteiger partial charge in [-0.2, -0.15) is 0 Å². The fraction of sp³-hybridized carbons (Fsp3) is 0.385. The molecule has 0 radical (unpaired) electrons. The first-order valence-electron chi connectivity index (χ1n) is 6.12. The van der Waals surface area contributed by atoms with Crippen molar-refractivity contribution in [2.75, 3.05) is 43.6 Å². The number of anilines is 2. The molecule has 6 nitrogen and oxygen atoms in total. The Morgan fingerprint density at radius 1 is 1.35 bits per heavy atom. The Labute approximate surface area is 121 Å². The number of halogens is 1. The molecule has 1 amide bonds. The van der Waals surface area contributed by atoms with E-state index in [1.165, 1.54) is 6.07 Å². The first-order chi connectivity index (χ1) is 9.58. The maximum Gasteiger partial charge on any atom is 0.296 e. The molecule has 0 saturated carbocycles. The lowest BCUT2D eigenvalue weighted by molar-refractivity contribution is -0.112. The van der Waals surface area contributed by atoms with Gasteiger partial charge in [-0.15, -0.1) is 0 Å². The number of ketones is 1. The van der Waals surface area contributed by atoms with E-state index in [0.717, 1.165) is 0 Å². The van der Waals surface area contributed by atoms with E-state index in [2.05, 4.69) is 5.32 Å². The summed E-state index contributed by atoms with van der Waals surface area (Å²) in [6.07, 6.45) is 0. The zero-order valence-corrected chi connectivity index (χ0v) is 11.7. The normalized spacial score (nSPS) is 13.3. The van der Waals surface area contributed by atoms with Crippen LogP contribution in [0, 0.1) is 0 Å². The number of hydrogen-bond donors (Lipinski definition) is 2. The van der Waals surface area contributed by atoms with Crippen molar-refractivity contribution in [3.05, 3.63) is 22.7 Å². The summed E-state index contributed by atoms with van der Waals surface area (Å²) in [6.45, 7) is 1.35. The molecule has 0 aliphatic carbocycles. The number of methoxy groups -OCH3 is 1. The first-order valence-corrected chi connectivity index (χ1v) is 6.50. The highest BCUT2D eigenvalue weighted by molar-refractivity contribution is 6.52. The second kappa shape index (κ2) is 6.21. The van der Waals surface area contributed by atoms with Gasteiger partial charge in [0, 0.05) is 20.2 Å². The average Bonchev–Trinajstić information content (AvgIpc) is 2.70. The molecule has 0 saturated heterocycles. The van der Waals surface area contributed by atoms with Gasteiger partial charge in [0.05, 0.1) is 35.2 Å². The number of nitrogens with one attached hydrogen (secondary N) is 1. The van der Waals surface area contributed by atoms with Crippen LogP contribution in [0.15, 0.2) is 12.1 Å². The Balaban J connectivity index is 2.34. The van der Waals surface area contributed by atoms with Crippen molar-refractivity contribution >= 4 is 34.7 Å². The SMILES string of the molecule is COCCN(CCO)c1cc2c(cc1Cl)C(=O)C(=O)N2. The smallest absolute Gasteiger partial charge is 0.296 e. The zero-order valence-electron chi connectivity index (χ0n) is 11.0. The number of hydrogen-bond acceptors (Lipinski definition) is 5. The molecule has 1 aromatic rings. The molecular weight excluding hydrogens is 284 g/mol. The standard InChI is InChI=1S/C13H15ClN2O4/c1-20-5-3-16(2-4-17)11-7-10-8(6-9(11)14)12(18)13(19)15-10/h6-7,17H,2-5H2,1H3,(H,15,18,19). The molecule has 108 valence electrons. The van der Waals surface area contributed by atoms with Crippen LogP contribution in [0.25, 0.3) is 0 Å². The molecule has 2 rings (SSSR count). The summed E-state index contributed by atoms with van der Waals surface area (Å²) in [5.74, 6) is -1.24.